The van der Waals surface area contributed by atoms with Crippen LogP contribution in [0.4, 0.5) is 15.9 Å². The van der Waals surface area contributed by atoms with E-state index in [4.69, 9.17) is 14.0 Å². The average molecular weight is 349 g/mol. The van der Waals surface area contributed by atoms with Gasteiger partial charge in [0.05, 0.1) is 18.3 Å². The van der Waals surface area contributed by atoms with Gasteiger partial charge in [-0.15, -0.1) is 0 Å². The lowest BCUT2D eigenvalue weighted by Gasteiger charge is -2.15. The van der Waals surface area contributed by atoms with Gasteiger partial charge in [0.2, 0.25) is 5.91 Å². The minimum atomic E-state index is -0.417. The maximum Gasteiger partial charge on any atom is 0.244 e. The lowest BCUT2D eigenvalue weighted by molar-refractivity contribution is -0.114. The third kappa shape index (κ3) is 4.93. The third-order valence-electron chi connectivity index (χ3n) is 3.73. The molecule has 0 radical (unpaired) electrons. The number of hydrogen-bond acceptors (Lipinski definition) is 6. The second kappa shape index (κ2) is 7.98. The molecule has 7 nitrogen and oxygen atoms in total. The Morgan fingerprint density at radius 1 is 1.44 bits per heavy atom. The first-order valence-electron chi connectivity index (χ1n) is 8.11. The van der Waals surface area contributed by atoms with Crippen LogP contribution in [0, 0.1) is 12.7 Å². The number of halogens is 1. The fraction of sp³-hybridized carbons (Fsp3) is 0.412. The molecule has 1 aliphatic heterocycles. The Bertz CT molecular complexity index is 728. The first-order valence-corrected chi connectivity index (χ1v) is 8.11. The zero-order valence-electron chi connectivity index (χ0n) is 13.9. The number of ether oxygens (including phenoxy) is 2. The summed E-state index contributed by atoms with van der Waals surface area (Å²) in [5.41, 5.74) is 0.407. The Kier molecular flexibility index (Phi) is 5.49. The fourth-order valence-electron chi connectivity index (χ4n) is 2.51. The van der Waals surface area contributed by atoms with E-state index in [0.717, 1.165) is 19.4 Å². The van der Waals surface area contributed by atoms with Gasteiger partial charge in [0.1, 0.15) is 23.9 Å². The Morgan fingerprint density at radius 3 is 3.04 bits per heavy atom. The van der Waals surface area contributed by atoms with Gasteiger partial charge in [-0.25, -0.2) is 4.39 Å². The number of amides is 1. The Labute approximate surface area is 144 Å². The quantitative estimate of drug-likeness (QED) is 0.799. The molecule has 25 heavy (non-hydrogen) atoms. The predicted octanol–water partition coefficient (Wildman–Crippen LogP) is 2.73. The molecular weight excluding hydrogens is 329 g/mol. The molecule has 1 unspecified atom stereocenters. The van der Waals surface area contributed by atoms with Crippen molar-refractivity contribution in [3.8, 4) is 5.75 Å². The van der Waals surface area contributed by atoms with Crippen LogP contribution in [0.25, 0.3) is 0 Å². The molecule has 1 saturated heterocycles. The summed E-state index contributed by atoms with van der Waals surface area (Å²) >= 11 is 0. The minimum Gasteiger partial charge on any atom is -0.489 e. The van der Waals surface area contributed by atoms with Crippen molar-refractivity contribution in [1.29, 1.82) is 0 Å². The van der Waals surface area contributed by atoms with Gasteiger partial charge in [0.25, 0.3) is 0 Å². The highest BCUT2D eigenvalue weighted by molar-refractivity contribution is 5.93. The van der Waals surface area contributed by atoms with E-state index < -0.39 is 5.82 Å². The maximum absolute atomic E-state index is 13.5. The van der Waals surface area contributed by atoms with Gasteiger partial charge in [-0.2, -0.15) is 0 Å². The van der Waals surface area contributed by atoms with Gasteiger partial charge in [0.15, 0.2) is 5.82 Å². The molecule has 1 fully saturated rings. The first-order chi connectivity index (χ1) is 12.1. The molecule has 134 valence electrons. The lowest BCUT2D eigenvalue weighted by Crippen LogP contribution is -2.22. The smallest absolute Gasteiger partial charge is 0.244 e. The monoisotopic (exact) mass is 349 g/mol. The molecule has 8 heteroatoms. The van der Waals surface area contributed by atoms with E-state index in [-0.39, 0.29) is 18.6 Å². The lowest BCUT2D eigenvalue weighted by atomic mass is 10.2. The molecule has 0 aliphatic carbocycles. The van der Waals surface area contributed by atoms with Gasteiger partial charge in [-0.3, -0.25) is 4.79 Å². The van der Waals surface area contributed by atoms with Gasteiger partial charge >= 0.3 is 0 Å². The van der Waals surface area contributed by atoms with E-state index in [1.54, 1.807) is 13.0 Å². The second-order valence-corrected chi connectivity index (χ2v) is 5.81. The standard InChI is InChI=1S/C17H20FN3O4/c1-11-7-16(21-25-11)20-17(22)9-19-14-8-12(18)4-5-15(14)24-10-13-3-2-6-23-13/h4-5,7-8,13,19H,2-3,6,9-10H2,1H3,(H,20,21,22). The minimum absolute atomic E-state index is 0.0524. The van der Waals surface area contributed by atoms with Crippen LogP contribution >= 0.6 is 0 Å². The Morgan fingerprint density at radius 2 is 2.32 bits per heavy atom. The van der Waals surface area contributed by atoms with E-state index in [2.05, 4.69) is 15.8 Å². The van der Waals surface area contributed by atoms with Crippen LogP contribution in [0.15, 0.2) is 28.8 Å². The molecule has 1 aromatic heterocycles. The zero-order chi connectivity index (χ0) is 17.6. The summed E-state index contributed by atoms with van der Waals surface area (Å²) in [7, 11) is 0. The van der Waals surface area contributed by atoms with E-state index in [9.17, 15) is 9.18 Å². The number of carbonyl (C=O) groups is 1. The number of anilines is 2. The van der Waals surface area contributed by atoms with Crippen molar-refractivity contribution < 1.29 is 23.2 Å². The number of hydrogen-bond donors (Lipinski definition) is 2. The molecule has 0 saturated carbocycles. The molecule has 1 atom stereocenters. The van der Waals surface area contributed by atoms with Crippen LogP contribution in [0.5, 0.6) is 5.75 Å². The summed E-state index contributed by atoms with van der Waals surface area (Å²) in [5.74, 6) is 0.653. The highest BCUT2D eigenvalue weighted by atomic mass is 19.1. The maximum atomic E-state index is 13.5. The normalized spacial score (nSPS) is 16.6. The van der Waals surface area contributed by atoms with Crippen LogP contribution < -0.4 is 15.4 Å². The van der Waals surface area contributed by atoms with Crippen molar-refractivity contribution in [2.24, 2.45) is 0 Å². The van der Waals surface area contributed by atoms with Gasteiger partial charge < -0.3 is 24.6 Å². The summed E-state index contributed by atoms with van der Waals surface area (Å²) in [6.45, 7) is 2.80. The zero-order valence-corrected chi connectivity index (χ0v) is 13.9. The van der Waals surface area contributed by atoms with Crippen LogP contribution in [-0.2, 0) is 9.53 Å². The van der Waals surface area contributed by atoms with Crippen molar-refractivity contribution in [3.63, 3.8) is 0 Å². The van der Waals surface area contributed by atoms with E-state index in [1.165, 1.54) is 18.2 Å². The number of aromatic nitrogens is 1. The molecule has 1 aromatic carbocycles. The molecule has 2 aromatic rings. The number of aryl methyl sites for hydroxylation is 1. The summed E-state index contributed by atoms with van der Waals surface area (Å²) < 4.78 is 29.6. The molecule has 1 aliphatic rings. The molecule has 2 heterocycles. The summed E-state index contributed by atoms with van der Waals surface area (Å²) in [6, 6.07) is 5.74. The predicted molar refractivity (Wildman–Crippen MR) is 89.2 cm³/mol. The number of rotatable bonds is 7. The van der Waals surface area contributed by atoms with Gasteiger partial charge in [-0.1, -0.05) is 5.16 Å². The largest absolute Gasteiger partial charge is 0.489 e. The SMILES string of the molecule is Cc1cc(NC(=O)CNc2cc(F)ccc2OCC2CCCO2)no1. The van der Waals surface area contributed by atoms with Crippen LogP contribution in [0.3, 0.4) is 0 Å². The molecule has 1 amide bonds. The Hall–Kier alpha value is -2.61. The van der Waals surface area contributed by atoms with Crippen molar-refractivity contribution in [2.75, 3.05) is 30.4 Å². The molecule has 0 spiro atoms. The molecule has 3 rings (SSSR count). The number of carbonyl (C=O) groups excluding carboxylic acids is 1. The van der Waals surface area contributed by atoms with E-state index in [0.29, 0.717) is 29.6 Å². The number of nitrogens with one attached hydrogen (secondary N) is 2. The molecule has 0 bridgehead atoms. The van der Waals surface area contributed by atoms with Crippen LogP contribution in [-0.4, -0.2) is 36.9 Å². The average Bonchev–Trinajstić information content (AvgIpc) is 3.24. The van der Waals surface area contributed by atoms with Gasteiger partial charge in [0, 0.05) is 18.7 Å². The van der Waals surface area contributed by atoms with Crippen LogP contribution in [0.2, 0.25) is 0 Å². The van der Waals surface area contributed by atoms with Crippen LogP contribution in [0.1, 0.15) is 18.6 Å². The van der Waals surface area contributed by atoms with Gasteiger partial charge in [-0.05, 0) is 31.9 Å². The summed E-state index contributed by atoms with van der Waals surface area (Å²) in [6.07, 6.45) is 2.02. The molecule has 2 N–H and O–H groups in total. The van der Waals surface area contributed by atoms with Crippen molar-refractivity contribution >= 4 is 17.4 Å². The highest BCUT2D eigenvalue weighted by Crippen LogP contribution is 2.26. The Balaban J connectivity index is 1.56. The first kappa shape index (κ1) is 17.2. The van der Waals surface area contributed by atoms with Crippen molar-refractivity contribution in [2.45, 2.75) is 25.9 Å². The third-order valence-corrected chi connectivity index (χ3v) is 3.73. The summed E-state index contributed by atoms with van der Waals surface area (Å²) in [5, 5.41) is 9.15. The molecular formula is C17H20FN3O4. The fourth-order valence-corrected chi connectivity index (χ4v) is 2.51. The number of benzene rings is 1. The second-order valence-electron chi connectivity index (χ2n) is 5.81. The topological polar surface area (TPSA) is 85.6 Å². The van der Waals surface area contributed by atoms with E-state index in [1.807, 2.05) is 0 Å². The van der Waals surface area contributed by atoms with Crippen molar-refractivity contribution in [3.05, 3.63) is 35.8 Å². The summed E-state index contributed by atoms with van der Waals surface area (Å²) in [4.78, 5) is 11.9. The number of nitrogens with zero attached hydrogens (tertiary/aromatic N) is 1. The van der Waals surface area contributed by atoms with E-state index >= 15 is 0 Å². The van der Waals surface area contributed by atoms with Crippen molar-refractivity contribution in [1.82, 2.24) is 5.16 Å². The highest BCUT2D eigenvalue weighted by Gasteiger charge is 2.17.